The summed E-state index contributed by atoms with van der Waals surface area (Å²) < 4.78 is 34.3. The maximum Gasteiger partial charge on any atom is 0.264 e. The van der Waals surface area contributed by atoms with Crippen LogP contribution in [0.4, 0.5) is 4.39 Å². The topological polar surface area (TPSA) is 52.0 Å². The Morgan fingerprint density at radius 2 is 2.33 bits per heavy atom. The largest absolute Gasteiger partial charge is 0.269 e. The van der Waals surface area contributed by atoms with Crippen molar-refractivity contribution in [3.05, 3.63) is 12.4 Å². The van der Waals surface area contributed by atoms with Gasteiger partial charge in [-0.25, -0.2) is 12.8 Å². The van der Waals surface area contributed by atoms with Gasteiger partial charge in [0.25, 0.3) is 9.05 Å². The van der Waals surface area contributed by atoms with E-state index in [0.717, 1.165) is 6.20 Å². The van der Waals surface area contributed by atoms with Gasteiger partial charge in [0.1, 0.15) is 11.6 Å². The van der Waals surface area contributed by atoms with Crippen LogP contribution < -0.4 is 0 Å². The minimum Gasteiger partial charge on any atom is -0.269 e. The van der Waals surface area contributed by atoms with E-state index in [2.05, 4.69) is 5.10 Å². The van der Waals surface area contributed by atoms with Crippen LogP contribution in [0.1, 0.15) is 0 Å². The van der Waals surface area contributed by atoms with Crippen molar-refractivity contribution in [2.45, 2.75) is 11.4 Å². The highest BCUT2D eigenvalue weighted by atomic mass is 35.7. The van der Waals surface area contributed by atoms with Crippen molar-refractivity contribution in [1.29, 1.82) is 0 Å². The Morgan fingerprint density at radius 1 is 1.67 bits per heavy atom. The molecule has 0 aromatic carbocycles. The Bertz CT molecular complexity index is 361. The first-order chi connectivity index (χ1) is 5.54. The standard InChI is InChI=1S/C5H6ClFN2O2S/c6-12(10,11)5-3-8-9(4-5)2-1-7/h3-4H,1-2H2. The summed E-state index contributed by atoms with van der Waals surface area (Å²) in [6.45, 7) is -0.560. The zero-order valence-corrected chi connectivity index (χ0v) is 7.52. The van der Waals surface area contributed by atoms with Crippen molar-refractivity contribution in [2.75, 3.05) is 6.67 Å². The maximum atomic E-state index is 11.7. The number of halogens is 2. The van der Waals surface area contributed by atoms with E-state index in [1.807, 2.05) is 0 Å². The molecule has 0 atom stereocenters. The molecule has 0 bridgehead atoms. The predicted octanol–water partition coefficient (Wildman–Crippen LogP) is 0.780. The predicted molar refractivity (Wildman–Crippen MR) is 41.2 cm³/mol. The lowest BCUT2D eigenvalue weighted by Crippen LogP contribution is -1.99. The van der Waals surface area contributed by atoms with Crippen molar-refractivity contribution in [3.8, 4) is 0 Å². The van der Waals surface area contributed by atoms with E-state index in [0.29, 0.717) is 0 Å². The number of aryl methyl sites for hydroxylation is 1. The molecular weight excluding hydrogens is 207 g/mol. The van der Waals surface area contributed by atoms with Crippen LogP contribution in [-0.2, 0) is 15.6 Å². The van der Waals surface area contributed by atoms with Crippen LogP contribution in [-0.4, -0.2) is 24.9 Å². The first kappa shape index (κ1) is 9.47. The Morgan fingerprint density at radius 3 is 2.75 bits per heavy atom. The average Bonchev–Trinajstić information content (AvgIpc) is 2.35. The zero-order valence-electron chi connectivity index (χ0n) is 5.94. The molecule has 1 heterocycles. The summed E-state index contributed by atoms with van der Waals surface area (Å²) in [6.07, 6.45) is 2.26. The Kier molecular flexibility index (Phi) is 2.69. The lowest BCUT2D eigenvalue weighted by Gasteiger charge is -1.92. The van der Waals surface area contributed by atoms with Crippen molar-refractivity contribution in [1.82, 2.24) is 9.78 Å². The lowest BCUT2D eigenvalue weighted by atomic mass is 10.7. The van der Waals surface area contributed by atoms with Gasteiger partial charge in [-0.05, 0) is 0 Å². The van der Waals surface area contributed by atoms with Crippen LogP contribution >= 0.6 is 10.7 Å². The first-order valence-corrected chi connectivity index (χ1v) is 5.38. The van der Waals surface area contributed by atoms with Gasteiger partial charge >= 0.3 is 0 Å². The van der Waals surface area contributed by atoms with Gasteiger partial charge < -0.3 is 0 Å². The van der Waals surface area contributed by atoms with Crippen LogP contribution in [0.25, 0.3) is 0 Å². The van der Waals surface area contributed by atoms with Gasteiger partial charge in [-0.2, -0.15) is 5.10 Å². The number of alkyl halides is 1. The molecule has 12 heavy (non-hydrogen) atoms. The van der Waals surface area contributed by atoms with Gasteiger partial charge in [0, 0.05) is 16.9 Å². The third-order valence-electron chi connectivity index (χ3n) is 1.20. The Labute approximate surface area is 73.4 Å². The van der Waals surface area contributed by atoms with E-state index in [4.69, 9.17) is 10.7 Å². The van der Waals surface area contributed by atoms with E-state index in [1.54, 1.807) is 0 Å². The van der Waals surface area contributed by atoms with E-state index in [9.17, 15) is 12.8 Å². The molecule has 0 aliphatic heterocycles. The van der Waals surface area contributed by atoms with E-state index in [-0.39, 0.29) is 11.4 Å². The highest BCUT2D eigenvalue weighted by molar-refractivity contribution is 8.13. The molecule has 0 aliphatic carbocycles. The molecule has 0 saturated heterocycles. The van der Waals surface area contributed by atoms with Crippen molar-refractivity contribution >= 4 is 19.7 Å². The second kappa shape index (κ2) is 3.40. The van der Waals surface area contributed by atoms with E-state index in [1.165, 1.54) is 10.9 Å². The molecular formula is C5H6ClFN2O2S. The zero-order chi connectivity index (χ0) is 9.19. The van der Waals surface area contributed by atoms with Crippen molar-refractivity contribution in [2.24, 2.45) is 0 Å². The van der Waals surface area contributed by atoms with Crippen LogP contribution in [0.2, 0.25) is 0 Å². The Balaban J connectivity index is 2.92. The number of hydrogen-bond acceptors (Lipinski definition) is 3. The van der Waals surface area contributed by atoms with Crippen molar-refractivity contribution in [3.63, 3.8) is 0 Å². The molecule has 1 aromatic rings. The fourth-order valence-electron chi connectivity index (χ4n) is 0.679. The summed E-state index contributed by atoms with van der Waals surface area (Å²) in [5, 5.41) is 3.59. The normalized spacial score (nSPS) is 11.8. The minimum absolute atomic E-state index is 0.0341. The molecule has 0 N–H and O–H groups in total. The molecule has 7 heteroatoms. The van der Waals surface area contributed by atoms with Crippen LogP contribution in [0, 0.1) is 0 Å². The summed E-state index contributed by atoms with van der Waals surface area (Å²) in [4.78, 5) is -0.113. The summed E-state index contributed by atoms with van der Waals surface area (Å²) in [5.74, 6) is 0. The van der Waals surface area contributed by atoms with Crippen molar-refractivity contribution < 1.29 is 12.8 Å². The highest BCUT2D eigenvalue weighted by Crippen LogP contribution is 2.12. The molecule has 0 fully saturated rings. The molecule has 0 spiro atoms. The molecule has 1 rings (SSSR count). The van der Waals surface area contributed by atoms with E-state index >= 15 is 0 Å². The second-order valence-electron chi connectivity index (χ2n) is 2.07. The van der Waals surface area contributed by atoms with Gasteiger partial charge in [0.05, 0.1) is 12.7 Å². The number of rotatable bonds is 3. The fraction of sp³-hybridized carbons (Fsp3) is 0.400. The highest BCUT2D eigenvalue weighted by Gasteiger charge is 2.11. The summed E-state index contributed by atoms with van der Waals surface area (Å²) in [7, 11) is 1.26. The number of nitrogens with zero attached hydrogens (tertiary/aromatic N) is 2. The van der Waals surface area contributed by atoms with Gasteiger partial charge in [0.2, 0.25) is 0 Å². The van der Waals surface area contributed by atoms with Gasteiger partial charge in [0.15, 0.2) is 0 Å². The molecule has 1 aromatic heterocycles. The lowest BCUT2D eigenvalue weighted by molar-refractivity contribution is 0.427. The number of aromatic nitrogens is 2. The monoisotopic (exact) mass is 212 g/mol. The maximum absolute atomic E-state index is 11.7. The summed E-state index contributed by atoms with van der Waals surface area (Å²) in [5.41, 5.74) is 0. The van der Waals surface area contributed by atoms with Gasteiger partial charge in [-0.1, -0.05) is 0 Å². The van der Waals surface area contributed by atoms with Crippen LogP contribution in [0.5, 0.6) is 0 Å². The third kappa shape index (κ3) is 2.18. The number of hydrogen-bond donors (Lipinski definition) is 0. The molecule has 0 saturated carbocycles. The molecule has 68 valence electrons. The average molecular weight is 213 g/mol. The van der Waals surface area contributed by atoms with Crippen LogP contribution in [0.15, 0.2) is 17.3 Å². The molecule has 0 unspecified atom stereocenters. The van der Waals surface area contributed by atoms with Crippen LogP contribution in [0.3, 0.4) is 0 Å². The van der Waals surface area contributed by atoms with Gasteiger partial charge in [-0.15, -0.1) is 0 Å². The molecule has 0 aliphatic rings. The molecule has 0 radical (unpaired) electrons. The van der Waals surface area contributed by atoms with Gasteiger partial charge in [-0.3, -0.25) is 4.68 Å². The fourth-order valence-corrected chi connectivity index (χ4v) is 1.34. The second-order valence-corrected chi connectivity index (χ2v) is 4.63. The molecule has 4 nitrogen and oxygen atoms in total. The quantitative estimate of drug-likeness (QED) is 0.696. The summed E-state index contributed by atoms with van der Waals surface area (Å²) in [6, 6.07) is 0. The minimum atomic E-state index is -3.73. The third-order valence-corrected chi connectivity index (χ3v) is 2.51. The summed E-state index contributed by atoms with van der Waals surface area (Å²) >= 11 is 0. The Hall–Kier alpha value is -0.620. The SMILES string of the molecule is O=S(=O)(Cl)c1cnn(CCF)c1. The first-order valence-electron chi connectivity index (χ1n) is 3.07. The molecule has 0 amide bonds. The van der Waals surface area contributed by atoms with E-state index < -0.39 is 15.7 Å². The smallest absolute Gasteiger partial charge is 0.264 e.